The van der Waals surface area contributed by atoms with Gasteiger partial charge in [0.2, 0.25) is 11.9 Å². The molecule has 0 radical (unpaired) electrons. The second kappa shape index (κ2) is 10.8. The van der Waals surface area contributed by atoms with E-state index in [4.69, 9.17) is 8.85 Å². The quantitative estimate of drug-likeness (QED) is 0.437. The van der Waals surface area contributed by atoms with Crippen molar-refractivity contribution in [3.63, 3.8) is 0 Å². The summed E-state index contributed by atoms with van der Waals surface area (Å²) in [6, 6.07) is 6.23. The van der Waals surface area contributed by atoms with Crippen LogP contribution >= 0.6 is 0 Å². The first kappa shape index (κ1) is 23.7. The summed E-state index contributed by atoms with van der Waals surface area (Å²) in [7, 11) is -5.71. The van der Waals surface area contributed by atoms with Gasteiger partial charge in [-0.2, -0.15) is 4.98 Å². The fraction of sp³-hybridized carbons (Fsp3) is 0.556. The number of benzene rings is 1. The summed E-state index contributed by atoms with van der Waals surface area (Å²) in [4.78, 5) is 21.3. The van der Waals surface area contributed by atoms with Crippen molar-refractivity contribution in [1.82, 2.24) is 19.9 Å². The summed E-state index contributed by atoms with van der Waals surface area (Å²) in [5, 5.41) is 5.13. The predicted octanol–water partition coefficient (Wildman–Crippen LogP) is 3.72. The number of halogens is 1. The number of sulfone groups is 1. The van der Waals surface area contributed by atoms with E-state index in [1.165, 1.54) is 12.6 Å². The van der Waals surface area contributed by atoms with Crippen molar-refractivity contribution in [2.75, 3.05) is 53.8 Å². The van der Waals surface area contributed by atoms with Crippen molar-refractivity contribution in [3.8, 4) is 0 Å². The molecule has 1 N–H and O–H groups in total. The van der Waals surface area contributed by atoms with Gasteiger partial charge in [0, 0.05) is 55.6 Å². The highest BCUT2D eigenvalue weighted by Gasteiger charge is 2.38. The van der Waals surface area contributed by atoms with Crippen molar-refractivity contribution in [2.24, 2.45) is 5.92 Å². The van der Waals surface area contributed by atoms with Crippen LogP contribution < -0.4 is 15.1 Å². The lowest BCUT2D eigenvalue weighted by Gasteiger charge is -2.48. The number of rotatable bonds is 8. The minimum Gasteiger partial charge on any atom is -0.378 e. The van der Waals surface area contributed by atoms with Crippen LogP contribution in [0.25, 0.3) is 10.8 Å². The average molecular weight is 561 g/mol. The van der Waals surface area contributed by atoms with Crippen molar-refractivity contribution in [3.05, 3.63) is 36.3 Å². The number of alkyl halides is 1. The van der Waals surface area contributed by atoms with Gasteiger partial charge in [0.15, 0.2) is 0 Å². The molecule has 2 aromatic heterocycles. The van der Waals surface area contributed by atoms with E-state index in [2.05, 4.69) is 63.1 Å². The molecule has 2 aliphatic heterocycles. The van der Waals surface area contributed by atoms with Gasteiger partial charge in [-0.3, -0.25) is 0 Å². The van der Waals surface area contributed by atoms with Crippen LogP contribution in [0.1, 0.15) is 42.8 Å². The Morgan fingerprint density at radius 2 is 2.05 bits per heavy atom. The molecular weight excluding hydrogens is 521 g/mol. The summed E-state index contributed by atoms with van der Waals surface area (Å²) in [5.74, 6) is 1.54. The normalized spacial score (nSPS) is 25.2. The van der Waals surface area contributed by atoms with E-state index in [1.54, 1.807) is 11.1 Å². The standard InChI is InChI=1S/C27H36FN7O3S/c1-16(2)19-6-7-23(35-12-18(17(35)3)14-39(5,36)37)21-11-29-25(10-20(19)21)32-26-30-15-31-27(33-26)34-9-8-24(38-4)22(28)13-34/h6-7,10-11,15-18,22,24H,8-9,12-14H2,1-5H3,(H,29,30,31,32,33)/t17-,18-,22-,24+/m0/s1/i4D3. The Hall–Kier alpha value is -3.12. The Bertz CT molecular complexity index is 1560. The second-order valence-electron chi connectivity index (χ2n) is 10.8. The van der Waals surface area contributed by atoms with E-state index in [9.17, 15) is 12.8 Å². The topological polar surface area (TPSA) is 113 Å². The van der Waals surface area contributed by atoms with Crippen molar-refractivity contribution in [1.29, 1.82) is 0 Å². The van der Waals surface area contributed by atoms with Crippen molar-refractivity contribution in [2.45, 2.75) is 51.4 Å². The zero-order valence-corrected chi connectivity index (χ0v) is 23.3. The third-order valence-electron chi connectivity index (χ3n) is 7.68. The number of ether oxygens (including phenoxy) is 1. The van der Waals surface area contributed by atoms with Crippen LogP contribution in [0, 0.1) is 5.92 Å². The molecular formula is C27H36FN7O3S. The molecule has 10 nitrogen and oxygen atoms in total. The molecule has 2 aliphatic rings. The molecule has 0 bridgehead atoms. The van der Waals surface area contributed by atoms with Gasteiger partial charge in [0.1, 0.15) is 28.2 Å². The fourth-order valence-corrected chi connectivity index (χ4v) is 6.63. The van der Waals surface area contributed by atoms with Gasteiger partial charge in [0.25, 0.3) is 0 Å². The van der Waals surface area contributed by atoms with E-state index in [0.717, 1.165) is 22.0 Å². The first-order chi connectivity index (χ1) is 19.7. The highest BCUT2D eigenvalue weighted by Crippen LogP contribution is 2.39. The summed E-state index contributed by atoms with van der Waals surface area (Å²) in [6.07, 6.45) is 2.08. The maximum atomic E-state index is 14.7. The first-order valence-corrected chi connectivity index (χ1v) is 15.1. The minimum atomic E-state index is -3.05. The Morgan fingerprint density at radius 1 is 1.23 bits per heavy atom. The van der Waals surface area contributed by atoms with Crippen LogP contribution in [0.2, 0.25) is 0 Å². The van der Waals surface area contributed by atoms with Gasteiger partial charge in [-0.05, 0) is 42.3 Å². The lowest BCUT2D eigenvalue weighted by molar-refractivity contribution is 0.0194. The molecule has 0 unspecified atom stereocenters. The van der Waals surface area contributed by atoms with Crippen molar-refractivity contribution < 1.29 is 21.7 Å². The smallest absolute Gasteiger partial charge is 0.233 e. The molecule has 39 heavy (non-hydrogen) atoms. The van der Waals surface area contributed by atoms with E-state index in [-0.39, 0.29) is 48.5 Å². The number of methoxy groups -OCH3 is 1. The van der Waals surface area contributed by atoms with Crippen LogP contribution in [0.15, 0.2) is 30.7 Å². The molecule has 0 saturated carbocycles. The van der Waals surface area contributed by atoms with Gasteiger partial charge in [-0.25, -0.2) is 27.8 Å². The SMILES string of the molecule is [2H]C([2H])([2H])O[C@@H]1CCN(c2ncnc(Nc3cc4c(C(C)C)ccc(N5C[C@@H](CS(C)(=O)=O)[C@@H]5C)c4cn3)n2)C[C@@H]1F. The molecule has 2 fully saturated rings. The summed E-state index contributed by atoms with van der Waals surface area (Å²) >= 11 is 0. The van der Waals surface area contributed by atoms with E-state index < -0.39 is 29.2 Å². The Labute approximate surface area is 233 Å². The number of nitrogens with zero attached hydrogens (tertiary/aromatic N) is 6. The van der Waals surface area contributed by atoms with Gasteiger partial charge >= 0.3 is 0 Å². The molecule has 210 valence electrons. The molecule has 0 aliphatic carbocycles. The molecule has 2 saturated heterocycles. The Kier molecular flexibility index (Phi) is 6.58. The van der Waals surface area contributed by atoms with E-state index in [1.807, 2.05) is 6.07 Å². The molecule has 5 rings (SSSR count). The Morgan fingerprint density at radius 3 is 2.74 bits per heavy atom. The zero-order valence-electron chi connectivity index (χ0n) is 25.5. The third-order valence-corrected chi connectivity index (χ3v) is 8.71. The first-order valence-electron chi connectivity index (χ1n) is 14.6. The zero-order chi connectivity index (χ0) is 30.4. The van der Waals surface area contributed by atoms with Crippen LogP contribution in [0.4, 0.5) is 27.8 Å². The minimum absolute atomic E-state index is 0.0827. The highest BCUT2D eigenvalue weighted by molar-refractivity contribution is 7.90. The van der Waals surface area contributed by atoms with Crippen LogP contribution in [0.3, 0.4) is 0 Å². The second-order valence-corrected chi connectivity index (χ2v) is 13.0. The average Bonchev–Trinajstić information content (AvgIpc) is 2.90. The maximum absolute atomic E-state index is 14.7. The summed E-state index contributed by atoms with van der Waals surface area (Å²) in [5.41, 5.74) is 2.16. The van der Waals surface area contributed by atoms with Crippen LogP contribution in [-0.4, -0.2) is 85.4 Å². The molecule has 1 aromatic carbocycles. The van der Waals surface area contributed by atoms with Crippen LogP contribution in [0.5, 0.6) is 0 Å². The van der Waals surface area contributed by atoms with E-state index >= 15 is 0 Å². The van der Waals surface area contributed by atoms with Gasteiger partial charge in [0.05, 0.1) is 22.5 Å². The molecule has 12 heteroatoms. The highest BCUT2D eigenvalue weighted by atomic mass is 32.2. The van der Waals surface area contributed by atoms with Crippen molar-refractivity contribution >= 4 is 44.0 Å². The summed E-state index contributed by atoms with van der Waals surface area (Å²) in [6.45, 7) is 7.20. The van der Waals surface area contributed by atoms with E-state index in [0.29, 0.717) is 18.9 Å². The number of aromatic nitrogens is 4. The van der Waals surface area contributed by atoms with Gasteiger partial charge in [-0.15, -0.1) is 0 Å². The molecule has 0 amide bonds. The molecule has 4 atom stereocenters. The lowest BCUT2D eigenvalue weighted by atomic mass is 9.88. The van der Waals surface area contributed by atoms with Gasteiger partial charge in [-0.1, -0.05) is 19.9 Å². The predicted molar refractivity (Wildman–Crippen MR) is 151 cm³/mol. The van der Waals surface area contributed by atoms with Crippen LogP contribution in [-0.2, 0) is 14.6 Å². The fourth-order valence-electron chi connectivity index (χ4n) is 5.47. The molecule has 0 spiro atoms. The third kappa shape index (κ3) is 5.76. The number of piperidine rings is 1. The largest absolute Gasteiger partial charge is 0.378 e. The Balaban J connectivity index is 1.35. The number of anilines is 4. The monoisotopic (exact) mass is 560 g/mol. The lowest BCUT2D eigenvalue weighted by Crippen LogP contribution is -2.57. The van der Waals surface area contributed by atoms with Gasteiger partial charge < -0.3 is 19.9 Å². The maximum Gasteiger partial charge on any atom is 0.233 e. The number of hydrogen-bond acceptors (Lipinski definition) is 10. The number of pyridine rings is 1. The number of nitrogens with one attached hydrogen (secondary N) is 1. The molecule has 3 aromatic rings. The number of fused-ring (bicyclic) bond motifs is 1. The molecule has 4 heterocycles. The number of hydrogen-bond donors (Lipinski definition) is 1. The summed E-state index contributed by atoms with van der Waals surface area (Å²) < 4.78 is 65.0.